The molecule has 1 saturated carbocycles. The van der Waals surface area contributed by atoms with E-state index in [4.69, 9.17) is 4.74 Å². The summed E-state index contributed by atoms with van der Waals surface area (Å²) in [6.45, 7) is -1.23. The second-order valence-corrected chi connectivity index (χ2v) is 12.2. The van der Waals surface area contributed by atoms with E-state index in [0.29, 0.717) is 23.4 Å². The van der Waals surface area contributed by atoms with Gasteiger partial charge in [0.15, 0.2) is 5.41 Å². The SMILES string of the molecule is CN1C(CCC(C)(F)F)CN(c2cccc(F)c2)c2cc(C(F)(F)F)c(OC[C@@]3(C(=O)O)CC3(F)F)cc2S1(=O)=O. The van der Waals surface area contributed by atoms with Gasteiger partial charge in [0.1, 0.15) is 23.1 Å². The van der Waals surface area contributed by atoms with Crippen LogP contribution in [0.5, 0.6) is 5.75 Å². The monoisotopic (exact) mass is 616 g/mol. The molecule has 0 saturated heterocycles. The third-order valence-corrected chi connectivity index (χ3v) is 9.18. The first kappa shape index (κ1) is 30.8. The van der Waals surface area contributed by atoms with Crippen molar-refractivity contribution < 1.29 is 58.2 Å². The topological polar surface area (TPSA) is 87.2 Å². The average Bonchev–Trinajstić information content (AvgIpc) is 3.44. The average molecular weight is 617 g/mol. The number of hydrogen-bond acceptors (Lipinski definition) is 5. The van der Waals surface area contributed by atoms with E-state index in [1.165, 1.54) is 12.1 Å². The van der Waals surface area contributed by atoms with E-state index in [-0.39, 0.29) is 5.69 Å². The lowest BCUT2D eigenvalue weighted by atomic mass is 10.1. The number of carboxylic acid groups (broad SMARTS) is 1. The van der Waals surface area contributed by atoms with Gasteiger partial charge in [-0.1, -0.05) is 6.07 Å². The molecular weight excluding hydrogens is 592 g/mol. The van der Waals surface area contributed by atoms with Crippen LogP contribution >= 0.6 is 0 Å². The lowest BCUT2D eigenvalue weighted by Gasteiger charge is -2.30. The van der Waals surface area contributed by atoms with Gasteiger partial charge >= 0.3 is 12.1 Å². The van der Waals surface area contributed by atoms with Gasteiger partial charge in [-0.3, -0.25) is 4.79 Å². The van der Waals surface area contributed by atoms with E-state index in [9.17, 15) is 53.4 Å². The highest BCUT2D eigenvalue weighted by molar-refractivity contribution is 7.89. The van der Waals surface area contributed by atoms with Crippen LogP contribution in [0.15, 0.2) is 41.3 Å². The van der Waals surface area contributed by atoms with E-state index < -0.39 is 106 Å². The van der Waals surface area contributed by atoms with Crippen molar-refractivity contribution in [3.8, 4) is 5.75 Å². The fourth-order valence-electron chi connectivity index (χ4n) is 4.65. The molecule has 1 aliphatic heterocycles. The summed E-state index contributed by atoms with van der Waals surface area (Å²) >= 11 is 0. The number of rotatable bonds is 8. The van der Waals surface area contributed by atoms with Crippen LogP contribution < -0.4 is 9.64 Å². The van der Waals surface area contributed by atoms with Gasteiger partial charge in [-0.2, -0.15) is 17.5 Å². The molecular formula is C25H24F8N2O5S. The summed E-state index contributed by atoms with van der Waals surface area (Å²) < 4.78 is 145. The Hall–Kier alpha value is -3.14. The van der Waals surface area contributed by atoms with Crippen LogP contribution in [0.25, 0.3) is 0 Å². The number of fused-ring (bicyclic) bond motifs is 1. The van der Waals surface area contributed by atoms with Crippen LogP contribution in [0.2, 0.25) is 0 Å². The number of benzene rings is 2. The third kappa shape index (κ3) is 5.80. The second-order valence-electron chi connectivity index (χ2n) is 10.2. The molecule has 226 valence electrons. The minimum Gasteiger partial charge on any atom is -0.491 e. The second kappa shape index (κ2) is 10.00. The van der Waals surface area contributed by atoms with Gasteiger partial charge in [0.25, 0.3) is 5.92 Å². The summed E-state index contributed by atoms with van der Waals surface area (Å²) in [7, 11) is -3.71. The molecule has 1 N–H and O–H groups in total. The van der Waals surface area contributed by atoms with Crippen molar-refractivity contribution in [3.63, 3.8) is 0 Å². The van der Waals surface area contributed by atoms with Gasteiger partial charge in [-0.05, 0) is 37.6 Å². The molecule has 0 radical (unpaired) electrons. The Morgan fingerprint density at radius 3 is 2.29 bits per heavy atom. The molecule has 1 heterocycles. The maximum Gasteiger partial charge on any atom is 0.420 e. The standard InChI is InChI=1S/C25H24F8N2O5S/c1-22(27,28)7-6-16-11-35(15-5-3-4-14(26)8-15)18-9-17(25(31,32)33)19(10-20(18)41(38,39)34(16)2)40-13-23(21(36)37)12-24(23,29)30/h3-5,8-10,16H,6-7,11-13H2,1-2H3,(H,36,37)/t16?,23-/m1/s1. The number of halogens is 8. The van der Waals surface area contributed by atoms with Crippen molar-refractivity contribution in [2.45, 2.75) is 55.1 Å². The molecule has 0 spiro atoms. The number of carboxylic acids is 1. The zero-order chi connectivity index (χ0) is 30.8. The van der Waals surface area contributed by atoms with Gasteiger partial charge in [-0.15, -0.1) is 0 Å². The van der Waals surface area contributed by atoms with E-state index in [0.717, 1.165) is 24.1 Å². The largest absolute Gasteiger partial charge is 0.491 e. The van der Waals surface area contributed by atoms with Crippen LogP contribution in [0, 0.1) is 11.2 Å². The van der Waals surface area contributed by atoms with E-state index >= 15 is 0 Å². The number of nitrogens with zero attached hydrogens (tertiary/aromatic N) is 2. The quantitative estimate of drug-likeness (QED) is 0.372. The number of ether oxygens (including phenoxy) is 1. The summed E-state index contributed by atoms with van der Waals surface area (Å²) in [5.74, 6) is -11.0. The lowest BCUT2D eigenvalue weighted by molar-refractivity contribution is -0.149. The summed E-state index contributed by atoms with van der Waals surface area (Å²) in [6.07, 6.45) is -7.64. The van der Waals surface area contributed by atoms with E-state index in [1.807, 2.05) is 0 Å². The Kier molecular flexibility index (Phi) is 7.51. The highest BCUT2D eigenvalue weighted by atomic mass is 32.2. The van der Waals surface area contributed by atoms with Crippen molar-refractivity contribution in [3.05, 3.63) is 47.8 Å². The molecule has 1 fully saturated rings. The normalized spacial score (nSPS) is 24.0. The summed E-state index contributed by atoms with van der Waals surface area (Å²) in [6, 6.07) is 4.02. The molecule has 7 nitrogen and oxygen atoms in total. The number of hydrogen-bond donors (Lipinski definition) is 1. The number of anilines is 2. The van der Waals surface area contributed by atoms with Gasteiger partial charge < -0.3 is 14.7 Å². The first-order valence-electron chi connectivity index (χ1n) is 12.1. The minimum absolute atomic E-state index is 0.0887. The lowest BCUT2D eigenvalue weighted by Crippen LogP contribution is -2.41. The molecule has 2 aromatic carbocycles. The smallest absolute Gasteiger partial charge is 0.420 e. The molecule has 0 bridgehead atoms. The Balaban J connectivity index is 1.90. The van der Waals surface area contributed by atoms with Crippen molar-refractivity contribution in [2.75, 3.05) is 25.1 Å². The minimum atomic E-state index is -5.24. The zero-order valence-electron chi connectivity index (χ0n) is 21.5. The fourth-order valence-corrected chi connectivity index (χ4v) is 6.22. The van der Waals surface area contributed by atoms with Crippen LogP contribution in [0.4, 0.5) is 46.5 Å². The number of sulfonamides is 1. The first-order valence-corrected chi connectivity index (χ1v) is 13.5. The third-order valence-electron chi connectivity index (χ3n) is 7.24. The van der Waals surface area contributed by atoms with Crippen molar-refractivity contribution >= 4 is 27.4 Å². The Morgan fingerprint density at radius 2 is 1.78 bits per heavy atom. The first-order chi connectivity index (χ1) is 18.7. The summed E-state index contributed by atoms with van der Waals surface area (Å²) in [5, 5.41) is 9.24. The van der Waals surface area contributed by atoms with Crippen LogP contribution in [-0.4, -0.2) is 61.9 Å². The number of carbonyl (C=O) groups is 1. The van der Waals surface area contributed by atoms with Gasteiger partial charge in [0.05, 0.1) is 11.3 Å². The van der Waals surface area contributed by atoms with Crippen molar-refractivity contribution in [1.82, 2.24) is 4.31 Å². The molecule has 16 heteroatoms. The highest BCUT2D eigenvalue weighted by Gasteiger charge is 2.77. The Morgan fingerprint density at radius 1 is 1.15 bits per heavy atom. The molecule has 2 aliphatic rings. The molecule has 2 atom stereocenters. The molecule has 41 heavy (non-hydrogen) atoms. The molecule has 4 rings (SSSR count). The predicted molar refractivity (Wildman–Crippen MR) is 129 cm³/mol. The van der Waals surface area contributed by atoms with Crippen LogP contribution in [0.1, 0.15) is 31.7 Å². The van der Waals surface area contributed by atoms with Gasteiger partial charge in [0.2, 0.25) is 15.9 Å². The molecule has 0 amide bonds. The summed E-state index contributed by atoms with van der Waals surface area (Å²) in [4.78, 5) is 11.7. The number of likely N-dealkylation sites (N-methyl/N-ethyl adjacent to an activating group) is 1. The van der Waals surface area contributed by atoms with Crippen molar-refractivity contribution in [2.24, 2.45) is 5.41 Å². The maximum absolute atomic E-state index is 14.2. The Labute approximate surface area is 229 Å². The Bertz CT molecular complexity index is 1460. The fraction of sp³-hybridized carbons (Fsp3) is 0.480. The van der Waals surface area contributed by atoms with Crippen molar-refractivity contribution in [1.29, 1.82) is 0 Å². The number of aliphatic carboxylic acids is 1. The van der Waals surface area contributed by atoms with E-state index in [2.05, 4.69) is 0 Å². The molecule has 0 aromatic heterocycles. The van der Waals surface area contributed by atoms with E-state index in [1.54, 1.807) is 0 Å². The number of alkyl halides is 7. The molecule has 1 aliphatic carbocycles. The van der Waals surface area contributed by atoms with Gasteiger partial charge in [-0.25, -0.2) is 30.4 Å². The van der Waals surface area contributed by atoms with Crippen LogP contribution in [0.3, 0.4) is 0 Å². The van der Waals surface area contributed by atoms with Crippen LogP contribution in [-0.2, 0) is 21.0 Å². The summed E-state index contributed by atoms with van der Waals surface area (Å²) in [5.41, 5.74) is -5.10. The molecule has 1 unspecified atom stereocenters. The van der Waals surface area contributed by atoms with Gasteiger partial charge in [0, 0.05) is 44.2 Å². The molecule has 2 aromatic rings. The predicted octanol–water partition coefficient (Wildman–Crippen LogP) is 5.91. The highest BCUT2D eigenvalue weighted by Crippen LogP contribution is 2.61. The zero-order valence-corrected chi connectivity index (χ0v) is 22.3. The maximum atomic E-state index is 14.2.